The van der Waals surface area contributed by atoms with Crippen LogP contribution in [-0.2, 0) is 14.3 Å². The van der Waals surface area contributed by atoms with E-state index >= 15 is 0 Å². The summed E-state index contributed by atoms with van der Waals surface area (Å²) in [5.74, 6) is 1.54. The van der Waals surface area contributed by atoms with Crippen molar-refractivity contribution in [1.29, 1.82) is 0 Å². The van der Waals surface area contributed by atoms with Gasteiger partial charge in [-0.05, 0) is 42.0 Å². The van der Waals surface area contributed by atoms with Crippen molar-refractivity contribution in [3.63, 3.8) is 0 Å². The third-order valence-corrected chi connectivity index (χ3v) is 7.66. The zero-order chi connectivity index (χ0) is 26.8. The molecule has 10 heteroatoms. The minimum absolute atomic E-state index is 0.117. The van der Waals surface area contributed by atoms with Crippen molar-refractivity contribution in [2.45, 2.75) is 11.5 Å². The van der Waals surface area contributed by atoms with Crippen LogP contribution in [0.2, 0.25) is 0 Å². The van der Waals surface area contributed by atoms with E-state index < -0.39 is 11.5 Å². The summed E-state index contributed by atoms with van der Waals surface area (Å²) in [6.07, 6.45) is -0.549. The molecule has 9 nitrogen and oxygen atoms in total. The average Bonchev–Trinajstić information content (AvgIpc) is 3.64. The first-order chi connectivity index (χ1) is 19.2. The number of ether oxygens (including phenoxy) is 4. The number of aromatic nitrogens is 1. The molecule has 2 fully saturated rings. The van der Waals surface area contributed by atoms with Gasteiger partial charge < -0.3 is 18.9 Å². The predicted octanol–water partition coefficient (Wildman–Crippen LogP) is 5.50. The van der Waals surface area contributed by atoms with Gasteiger partial charge in [0, 0.05) is 5.39 Å². The van der Waals surface area contributed by atoms with Crippen LogP contribution >= 0.6 is 11.8 Å². The molecule has 0 bridgehead atoms. The summed E-state index contributed by atoms with van der Waals surface area (Å²) in [5.41, 5.74) is 6.16. The van der Waals surface area contributed by atoms with Gasteiger partial charge in [0.15, 0.2) is 28.8 Å². The average molecular weight is 543 g/mol. The van der Waals surface area contributed by atoms with Crippen LogP contribution in [0.25, 0.3) is 10.9 Å². The molecule has 3 aromatic carbocycles. The van der Waals surface area contributed by atoms with Crippen LogP contribution in [0.1, 0.15) is 22.7 Å². The number of fused-ring (bicyclic) bond motifs is 1. The molecule has 4 aromatic rings. The van der Waals surface area contributed by atoms with Crippen molar-refractivity contribution in [2.75, 3.05) is 37.8 Å². The van der Waals surface area contributed by atoms with Gasteiger partial charge in [0.2, 0.25) is 0 Å². The number of methoxy groups -OCH3 is 2. The number of anilines is 2. The second-order valence-electron chi connectivity index (χ2n) is 8.82. The monoisotopic (exact) mass is 542 g/mol. The van der Waals surface area contributed by atoms with Gasteiger partial charge in [0.25, 0.3) is 5.91 Å². The number of amides is 1. The van der Waals surface area contributed by atoms with Gasteiger partial charge in [0.05, 0.1) is 44.2 Å². The van der Waals surface area contributed by atoms with Crippen LogP contribution in [-0.4, -0.2) is 43.5 Å². The van der Waals surface area contributed by atoms with E-state index in [9.17, 15) is 4.79 Å². The van der Waals surface area contributed by atoms with E-state index in [4.69, 9.17) is 29.0 Å². The second kappa shape index (κ2) is 10.9. The lowest BCUT2D eigenvalue weighted by atomic mass is 10.1. The fourth-order valence-corrected chi connectivity index (χ4v) is 5.68. The fraction of sp³-hybridized carbons (Fsp3) is 0.207. The molecule has 0 radical (unpaired) electrons. The summed E-state index contributed by atoms with van der Waals surface area (Å²) in [7, 11) is 3.15. The number of hydrogen-bond acceptors (Lipinski definition) is 9. The van der Waals surface area contributed by atoms with Crippen LogP contribution in [0.5, 0.6) is 11.5 Å². The Labute approximate surface area is 229 Å². The maximum Gasteiger partial charge on any atom is 0.251 e. The van der Waals surface area contributed by atoms with E-state index in [1.165, 1.54) is 11.8 Å². The number of amidine groups is 1. The Bertz CT molecular complexity index is 1540. The number of carbonyl (C=O) groups excluding carboxylic acids is 1. The van der Waals surface area contributed by atoms with Crippen molar-refractivity contribution in [1.82, 2.24) is 4.98 Å². The van der Waals surface area contributed by atoms with Gasteiger partial charge in [-0.25, -0.2) is 4.98 Å². The molecule has 1 N–H and O–H groups in total. The number of rotatable bonds is 7. The normalized spacial score (nSPS) is 18.7. The van der Waals surface area contributed by atoms with Crippen molar-refractivity contribution >= 4 is 45.2 Å². The largest absolute Gasteiger partial charge is 0.493 e. The molecule has 1 amide bonds. The van der Waals surface area contributed by atoms with Gasteiger partial charge in [-0.15, -0.1) is 5.10 Å². The third kappa shape index (κ3) is 4.89. The lowest BCUT2D eigenvalue weighted by molar-refractivity contribution is -0.117. The Kier molecular flexibility index (Phi) is 7.06. The van der Waals surface area contributed by atoms with Gasteiger partial charge in [-0.3, -0.25) is 15.1 Å². The molecule has 0 spiro atoms. The van der Waals surface area contributed by atoms with E-state index in [2.05, 4.69) is 5.43 Å². The lowest BCUT2D eigenvalue weighted by Crippen LogP contribution is -2.30. The Morgan fingerprint density at radius 3 is 2.46 bits per heavy atom. The molecule has 1 aromatic heterocycles. The van der Waals surface area contributed by atoms with Crippen LogP contribution < -0.4 is 19.8 Å². The van der Waals surface area contributed by atoms with Crippen molar-refractivity contribution < 1.29 is 23.7 Å². The maximum atomic E-state index is 13.8. The number of para-hydroxylation sites is 2. The van der Waals surface area contributed by atoms with E-state index in [0.717, 1.165) is 22.0 Å². The van der Waals surface area contributed by atoms with E-state index in [1.54, 1.807) is 25.2 Å². The number of nitrogens with zero attached hydrogens (tertiary/aromatic N) is 3. The number of carbonyl (C=O) groups is 1. The minimum Gasteiger partial charge on any atom is -0.493 e. The van der Waals surface area contributed by atoms with Crippen LogP contribution in [0.4, 0.5) is 11.5 Å². The molecule has 2 saturated heterocycles. The fourth-order valence-electron chi connectivity index (χ4n) is 4.58. The SMILES string of the molecule is COc1ccc(C2S/C(=N\Nc3nc4ccccc4cc3C3OCCO3)N(c3ccccc3)C2=O)cc1OC. The number of pyridine rings is 1. The highest BCUT2D eigenvalue weighted by atomic mass is 32.2. The first-order valence-corrected chi connectivity index (χ1v) is 13.3. The zero-order valence-electron chi connectivity index (χ0n) is 21.4. The summed E-state index contributed by atoms with van der Waals surface area (Å²) in [6.45, 7) is 1.01. The molecule has 1 unspecified atom stereocenters. The van der Waals surface area contributed by atoms with E-state index in [0.29, 0.717) is 41.4 Å². The Balaban J connectivity index is 1.39. The molecule has 2 aliphatic rings. The smallest absolute Gasteiger partial charge is 0.251 e. The maximum absolute atomic E-state index is 13.8. The molecule has 2 aliphatic heterocycles. The zero-order valence-corrected chi connectivity index (χ0v) is 22.2. The Morgan fingerprint density at radius 2 is 1.69 bits per heavy atom. The highest BCUT2D eigenvalue weighted by Gasteiger charge is 2.40. The molecule has 198 valence electrons. The summed E-state index contributed by atoms with van der Waals surface area (Å²) in [6, 6.07) is 24.8. The molecular formula is C29H26N4O5S. The molecule has 1 atom stereocenters. The number of benzene rings is 3. The van der Waals surface area contributed by atoms with Crippen molar-refractivity contribution in [3.8, 4) is 11.5 Å². The van der Waals surface area contributed by atoms with Gasteiger partial charge in [0.1, 0.15) is 5.25 Å². The summed E-state index contributed by atoms with van der Waals surface area (Å²) in [5, 5.41) is 5.62. The van der Waals surface area contributed by atoms with Crippen LogP contribution in [0.15, 0.2) is 84.0 Å². The molecule has 0 saturated carbocycles. The van der Waals surface area contributed by atoms with Crippen LogP contribution in [0.3, 0.4) is 0 Å². The molecular weight excluding hydrogens is 516 g/mol. The summed E-state index contributed by atoms with van der Waals surface area (Å²) < 4.78 is 22.4. The highest BCUT2D eigenvalue weighted by Crippen LogP contribution is 2.44. The molecule has 6 rings (SSSR count). The number of thioether (sulfide) groups is 1. The number of nitrogens with one attached hydrogen (secondary N) is 1. The van der Waals surface area contributed by atoms with Gasteiger partial charge in [-0.2, -0.15) is 0 Å². The topological polar surface area (TPSA) is 94.5 Å². The lowest BCUT2D eigenvalue weighted by Gasteiger charge is -2.18. The number of hydrazone groups is 1. The third-order valence-electron chi connectivity index (χ3n) is 6.47. The second-order valence-corrected chi connectivity index (χ2v) is 9.89. The van der Waals surface area contributed by atoms with Gasteiger partial charge in [-0.1, -0.05) is 54.2 Å². The van der Waals surface area contributed by atoms with Crippen molar-refractivity contribution in [2.24, 2.45) is 5.10 Å². The highest BCUT2D eigenvalue weighted by molar-refractivity contribution is 8.15. The van der Waals surface area contributed by atoms with Crippen molar-refractivity contribution in [3.05, 3.63) is 90.0 Å². The Hall–Kier alpha value is -4.12. The van der Waals surface area contributed by atoms with Crippen LogP contribution in [0, 0.1) is 0 Å². The predicted molar refractivity (Wildman–Crippen MR) is 151 cm³/mol. The van der Waals surface area contributed by atoms with Gasteiger partial charge >= 0.3 is 0 Å². The number of hydrogen-bond donors (Lipinski definition) is 1. The summed E-state index contributed by atoms with van der Waals surface area (Å²) >= 11 is 1.35. The van der Waals surface area contributed by atoms with E-state index in [-0.39, 0.29) is 5.91 Å². The Morgan fingerprint density at radius 1 is 0.949 bits per heavy atom. The van der Waals surface area contributed by atoms with E-state index in [1.807, 2.05) is 72.8 Å². The minimum atomic E-state index is -0.549. The first-order valence-electron chi connectivity index (χ1n) is 12.4. The first kappa shape index (κ1) is 25.2. The standard InChI is InChI=1S/C29H26N4O5S/c1-35-23-13-12-19(17-24(23)36-2)25-27(34)33(20-9-4-3-5-10-20)29(39-25)32-31-26-21(28-37-14-15-38-28)16-18-8-6-7-11-22(18)30-26/h3-13,16-17,25,28H,14-15H2,1-2H3,(H,30,31)/b32-29-. The quantitative estimate of drug-likeness (QED) is 0.306. The molecule has 3 heterocycles. The molecule has 0 aliphatic carbocycles. The molecule has 39 heavy (non-hydrogen) atoms. The summed E-state index contributed by atoms with van der Waals surface area (Å²) in [4.78, 5) is 20.2.